The van der Waals surface area contributed by atoms with Crippen LogP contribution in [0.15, 0.2) is 315 Å². The molecule has 17 rings (SSSR count). The minimum absolute atomic E-state index is 0.546. The van der Waals surface area contributed by atoms with Crippen molar-refractivity contribution in [3.8, 4) is 44.8 Å². The average molecular weight is 1110 g/mol. The summed E-state index contributed by atoms with van der Waals surface area (Å²) in [5, 5.41) is 9.98. The van der Waals surface area contributed by atoms with Crippen LogP contribution in [0, 0.1) is 0 Å². The summed E-state index contributed by atoms with van der Waals surface area (Å²) >= 11 is 0. The van der Waals surface area contributed by atoms with Gasteiger partial charge in [0.15, 0.2) is 0 Å². The second-order valence-corrected chi connectivity index (χ2v) is 23.2. The molecule has 1 aliphatic rings. The molecule has 2 heterocycles. The third-order valence-corrected chi connectivity index (χ3v) is 18.4. The van der Waals surface area contributed by atoms with Gasteiger partial charge < -0.3 is 9.13 Å². The Hall–Kier alpha value is -11.3. The standard InChI is InChI=1S/C85H56N2/c1-3-19-69(20-4-1)85(70-21-5-2-6-22-70)79-51-59(29-27-57-31-37-63(38-32-57)67-43-49-83-77(55-67)75-23-11-13-25-81(75)86(83)71-45-41-61-15-7-9-17-65(61)53-71)35-47-73(79)74-48-36-60(52-80(74)85)30-28-58-33-39-64(40-34-58)68-44-50-84-78(56-68)76-24-12-14-26-82(76)87(84)72-46-42-62-16-8-10-18-66(62)54-72/h1-56H/b29-27+,30-28+. The van der Waals surface area contributed by atoms with E-state index in [9.17, 15) is 0 Å². The quantitative estimate of drug-likeness (QED) is 0.121. The van der Waals surface area contributed by atoms with Crippen molar-refractivity contribution in [2.24, 2.45) is 0 Å². The maximum atomic E-state index is 2.43. The van der Waals surface area contributed by atoms with E-state index in [2.05, 4.69) is 349 Å². The normalized spacial score (nSPS) is 12.8. The topological polar surface area (TPSA) is 9.86 Å². The summed E-state index contributed by atoms with van der Waals surface area (Å²) in [5.74, 6) is 0. The summed E-state index contributed by atoms with van der Waals surface area (Å²) in [7, 11) is 0. The smallest absolute Gasteiger partial charge is 0.0713 e. The Morgan fingerprint density at radius 1 is 0.230 bits per heavy atom. The molecule has 1 aliphatic carbocycles. The molecule has 2 heteroatoms. The van der Waals surface area contributed by atoms with Gasteiger partial charge in [-0.15, -0.1) is 0 Å². The van der Waals surface area contributed by atoms with Crippen LogP contribution >= 0.6 is 0 Å². The number of rotatable bonds is 10. The highest BCUT2D eigenvalue weighted by Gasteiger charge is 2.46. The van der Waals surface area contributed by atoms with Crippen LogP contribution in [0.4, 0.5) is 0 Å². The molecule has 0 saturated carbocycles. The van der Waals surface area contributed by atoms with E-state index in [0.29, 0.717) is 0 Å². The lowest BCUT2D eigenvalue weighted by Crippen LogP contribution is -2.28. The molecule has 0 fully saturated rings. The Labute approximate surface area is 505 Å². The van der Waals surface area contributed by atoms with Gasteiger partial charge in [-0.2, -0.15) is 0 Å². The van der Waals surface area contributed by atoms with Crippen LogP contribution in [-0.2, 0) is 5.41 Å². The lowest BCUT2D eigenvalue weighted by Gasteiger charge is -2.34. The van der Waals surface area contributed by atoms with Gasteiger partial charge in [0.25, 0.3) is 0 Å². The molecule has 16 aromatic rings. The van der Waals surface area contributed by atoms with Crippen LogP contribution in [0.5, 0.6) is 0 Å². The second-order valence-electron chi connectivity index (χ2n) is 23.2. The lowest BCUT2D eigenvalue weighted by atomic mass is 9.67. The van der Waals surface area contributed by atoms with Gasteiger partial charge in [0.05, 0.1) is 27.5 Å². The van der Waals surface area contributed by atoms with Gasteiger partial charge in [0.2, 0.25) is 0 Å². The fourth-order valence-corrected chi connectivity index (χ4v) is 14.2. The molecule has 87 heavy (non-hydrogen) atoms. The predicted molar refractivity (Wildman–Crippen MR) is 369 cm³/mol. The summed E-state index contributed by atoms with van der Waals surface area (Å²) in [5.41, 5.74) is 23.6. The van der Waals surface area contributed by atoms with Crippen LogP contribution in [0.25, 0.3) is 134 Å². The first kappa shape index (κ1) is 50.2. The maximum Gasteiger partial charge on any atom is 0.0713 e. The zero-order valence-electron chi connectivity index (χ0n) is 47.7. The highest BCUT2D eigenvalue weighted by Crippen LogP contribution is 2.57. The van der Waals surface area contributed by atoms with Gasteiger partial charge in [0.1, 0.15) is 0 Å². The highest BCUT2D eigenvalue weighted by atomic mass is 15.0. The Balaban J connectivity index is 0.669. The minimum Gasteiger partial charge on any atom is -0.309 e. The molecule has 406 valence electrons. The molecule has 0 atom stereocenters. The first-order valence-electron chi connectivity index (χ1n) is 30.1. The molecule has 0 N–H and O–H groups in total. The molecular weight excluding hydrogens is 1050 g/mol. The fourth-order valence-electron chi connectivity index (χ4n) is 14.2. The first-order chi connectivity index (χ1) is 43.1. The van der Waals surface area contributed by atoms with E-state index in [0.717, 1.165) is 22.3 Å². The van der Waals surface area contributed by atoms with Gasteiger partial charge in [0, 0.05) is 32.9 Å². The van der Waals surface area contributed by atoms with Gasteiger partial charge in [-0.25, -0.2) is 0 Å². The van der Waals surface area contributed by atoms with Crippen molar-refractivity contribution < 1.29 is 0 Å². The minimum atomic E-state index is -0.546. The van der Waals surface area contributed by atoms with E-state index in [1.807, 2.05) is 0 Å². The molecule has 0 amide bonds. The Kier molecular flexibility index (Phi) is 11.8. The van der Waals surface area contributed by atoms with E-state index >= 15 is 0 Å². The number of hydrogen-bond acceptors (Lipinski definition) is 0. The van der Waals surface area contributed by atoms with Crippen molar-refractivity contribution in [3.63, 3.8) is 0 Å². The number of aromatic nitrogens is 2. The van der Waals surface area contributed by atoms with E-state index in [-0.39, 0.29) is 0 Å². The molecule has 0 unspecified atom stereocenters. The van der Waals surface area contributed by atoms with E-state index < -0.39 is 5.41 Å². The SMILES string of the molecule is C(=C\c1ccc2c(c1)C(c1ccccc1)(c1ccccc1)c1cc(/C=C/c3ccc(-c4ccc5c(c4)c4ccccc4n5-c4ccc5ccccc5c4)cc3)ccc1-2)/c1ccc(-c2ccc3c(c2)c2ccccc2n3-c2ccc3ccccc3c2)cc1. The molecular formula is C85H56N2. The number of benzene rings is 14. The summed E-state index contributed by atoms with van der Waals surface area (Å²) in [6, 6.07) is 116. The van der Waals surface area contributed by atoms with Gasteiger partial charge >= 0.3 is 0 Å². The monoisotopic (exact) mass is 1100 g/mol. The van der Waals surface area contributed by atoms with Crippen LogP contribution in [0.1, 0.15) is 44.5 Å². The summed E-state index contributed by atoms with van der Waals surface area (Å²) in [6.07, 6.45) is 9.05. The largest absolute Gasteiger partial charge is 0.309 e. The number of fused-ring (bicyclic) bond motifs is 11. The van der Waals surface area contributed by atoms with Gasteiger partial charge in [-0.1, -0.05) is 267 Å². The Bertz CT molecular complexity index is 5080. The molecule has 0 saturated heterocycles. The summed E-state index contributed by atoms with van der Waals surface area (Å²) in [6.45, 7) is 0. The number of para-hydroxylation sites is 2. The van der Waals surface area contributed by atoms with Crippen LogP contribution in [-0.4, -0.2) is 9.13 Å². The van der Waals surface area contributed by atoms with E-state index in [1.165, 1.54) is 132 Å². The third-order valence-electron chi connectivity index (χ3n) is 18.4. The van der Waals surface area contributed by atoms with Crippen LogP contribution in [0.2, 0.25) is 0 Å². The first-order valence-corrected chi connectivity index (χ1v) is 30.1. The summed E-state index contributed by atoms with van der Waals surface area (Å²) in [4.78, 5) is 0. The van der Waals surface area contributed by atoms with Crippen molar-refractivity contribution in [3.05, 3.63) is 360 Å². The Morgan fingerprint density at radius 3 is 1.03 bits per heavy atom. The average Bonchev–Trinajstić information content (AvgIpc) is 1.59. The van der Waals surface area contributed by atoms with Gasteiger partial charge in [-0.3, -0.25) is 0 Å². The predicted octanol–water partition coefficient (Wildman–Crippen LogP) is 22.2. The second kappa shape index (κ2) is 20.5. The number of nitrogens with zero attached hydrogens (tertiary/aromatic N) is 2. The molecule has 0 spiro atoms. The molecule has 0 aliphatic heterocycles. The molecule has 0 radical (unpaired) electrons. The van der Waals surface area contributed by atoms with Gasteiger partial charge in [-0.05, 0) is 172 Å². The third kappa shape index (κ3) is 8.40. The van der Waals surface area contributed by atoms with Crippen molar-refractivity contribution >= 4 is 89.5 Å². The van der Waals surface area contributed by atoms with E-state index in [4.69, 9.17) is 0 Å². The van der Waals surface area contributed by atoms with Crippen molar-refractivity contribution in [1.29, 1.82) is 0 Å². The molecule has 2 aromatic heterocycles. The maximum absolute atomic E-state index is 2.43. The van der Waals surface area contributed by atoms with Crippen LogP contribution in [0.3, 0.4) is 0 Å². The number of hydrogen-bond donors (Lipinski definition) is 0. The highest BCUT2D eigenvalue weighted by molar-refractivity contribution is 6.12. The van der Waals surface area contributed by atoms with Crippen molar-refractivity contribution in [1.82, 2.24) is 9.13 Å². The summed E-state index contributed by atoms with van der Waals surface area (Å²) < 4.78 is 4.81. The molecule has 2 nitrogen and oxygen atoms in total. The fraction of sp³-hybridized carbons (Fsp3) is 0.0118. The molecule has 0 bridgehead atoms. The zero-order chi connectivity index (χ0) is 57.4. The van der Waals surface area contributed by atoms with E-state index in [1.54, 1.807) is 0 Å². The molecule has 14 aromatic carbocycles. The zero-order valence-corrected chi connectivity index (χ0v) is 47.7. The Morgan fingerprint density at radius 2 is 0.586 bits per heavy atom. The van der Waals surface area contributed by atoms with Crippen molar-refractivity contribution in [2.45, 2.75) is 5.41 Å². The van der Waals surface area contributed by atoms with Crippen LogP contribution < -0.4 is 0 Å². The lowest BCUT2D eigenvalue weighted by molar-refractivity contribution is 0.768. The van der Waals surface area contributed by atoms with Crippen molar-refractivity contribution in [2.75, 3.05) is 0 Å².